The summed E-state index contributed by atoms with van der Waals surface area (Å²) in [6, 6.07) is 10.1. The standard InChI is InChI=1S/C8H6N.C5H5.C4H9.C3H6.4CH3.2ClH.Zr/c1-2-4-8-7(3-1)5-6-9-8;1-2-4-5-3-1;1-4(2)3;1-3-2;;;;;;;/h1-5,9H;1-3H,4H2;1-3H3;1-2H3;4*1H3;2*1H;/q3*-1;;4*-1;;;. The third kappa shape index (κ3) is 33.2. The van der Waals surface area contributed by atoms with Gasteiger partial charge in [-0.25, -0.2) is 12.2 Å². The van der Waals surface area contributed by atoms with Crippen molar-refractivity contribution in [3.05, 3.63) is 96.5 Å². The van der Waals surface area contributed by atoms with Crippen LogP contribution in [0.3, 0.4) is 0 Å². The van der Waals surface area contributed by atoms with Gasteiger partial charge in [-0.2, -0.15) is 38.3 Å². The summed E-state index contributed by atoms with van der Waals surface area (Å²) in [6.07, 6.45) is 12.9. The molecule has 0 aliphatic heterocycles. The molecule has 1 N–H and O–H groups in total. The predicted molar refractivity (Wildman–Crippen MR) is 135 cm³/mol. The van der Waals surface area contributed by atoms with Gasteiger partial charge in [-0.3, -0.25) is 6.08 Å². The van der Waals surface area contributed by atoms with Crippen LogP contribution in [-0.4, -0.2) is 8.19 Å². The Hall–Kier alpha value is -0.427. The number of aromatic nitrogens is 1. The smallest absolute Gasteiger partial charge is 0.0745 e. The molecule has 1 heterocycles. The molecule has 1 nitrogen and oxygen atoms in total. The fraction of sp³-hybridized carbons (Fsp3) is 0.250. The number of para-hydroxylation sites is 1. The first-order valence-corrected chi connectivity index (χ1v) is 8.60. The molecule has 0 spiro atoms. The zero-order valence-electron chi connectivity index (χ0n) is 19.1. The molecule has 1 aliphatic carbocycles. The van der Waals surface area contributed by atoms with E-state index in [-0.39, 0.29) is 54.5 Å². The summed E-state index contributed by atoms with van der Waals surface area (Å²) in [7, 11) is 0. The van der Waals surface area contributed by atoms with Crippen molar-refractivity contribution < 1.29 is 24.2 Å². The first-order valence-electron chi connectivity index (χ1n) is 7.37. The number of benzene rings is 1. The molecule has 0 radical (unpaired) electrons. The van der Waals surface area contributed by atoms with Gasteiger partial charge in [-0.15, -0.1) is 55.1 Å². The number of aromatic amines is 1. The van der Waals surface area contributed by atoms with E-state index in [9.17, 15) is 0 Å². The van der Waals surface area contributed by atoms with E-state index in [0.717, 1.165) is 11.9 Å². The number of halogens is 2. The van der Waals surface area contributed by atoms with E-state index in [1.54, 1.807) is 24.2 Å². The number of fused-ring (bicyclic) bond motifs is 1. The Morgan fingerprint density at radius 1 is 1.00 bits per heavy atom. The largest absolute Gasteiger partial charge is 0.477 e. The van der Waals surface area contributed by atoms with Crippen LogP contribution in [0.4, 0.5) is 0 Å². The fourth-order valence-corrected chi connectivity index (χ4v) is 1.27. The predicted octanol–water partition coefficient (Wildman–Crippen LogP) is 8.28. The summed E-state index contributed by atoms with van der Waals surface area (Å²) in [5.74, 6) is 1.42. The van der Waals surface area contributed by atoms with Crippen LogP contribution in [0.1, 0.15) is 41.0 Å². The number of allylic oxidation sites excluding steroid dienone is 4. The minimum Gasteiger partial charge on any atom is -0.477 e. The van der Waals surface area contributed by atoms with E-state index in [2.05, 4.69) is 64.0 Å². The topological polar surface area (TPSA) is 15.8 Å². The Labute approximate surface area is 204 Å². The van der Waals surface area contributed by atoms with Crippen molar-refractivity contribution in [1.82, 2.24) is 4.98 Å². The molecule has 0 unspecified atom stereocenters. The number of nitrogens with one attached hydrogen (secondary N) is 1. The number of hydrogen-bond donors (Lipinski definition) is 1. The quantitative estimate of drug-likeness (QED) is 0.347. The Bertz CT molecular complexity index is 540. The first kappa shape index (κ1) is 46.0. The molecule has 166 valence electrons. The van der Waals surface area contributed by atoms with E-state index < -0.39 is 0 Å². The molecule has 0 amide bonds. The van der Waals surface area contributed by atoms with Crippen molar-refractivity contribution in [3.8, 4) is 0 Å². The maximum atomic E-state index is 2.99. The second-order valence-corrected chi connectivity index (χ2v) is 7.96. The van der Waals surface area contributed by atoms with Crippen molar-refractivity contribution in [2.45, 2.75) is 41.0 Å². The summed E-state index contributed by atoms with van der Waals surface area (Å²) in [6.45, 7) is 10.5. The molecule has 28 heavy (non-hydrogen) atoms. The summed E-state index contributed by atoms with van der Waals surface area (Å²) in [5.41, 5.74) is 1.15. The summed E-state index contributed by atoms with van der Waals surface area (Å²) in [4.78, 5) is 2.99. The summed E-state index contributed by atoms with van der Waals surface area (Å²) < 4.78 is 1.51. The second-order valence-electron chi connectivity index (χ2n) is 5.50. The molecule has 0 atom stereocenters. The molecular formula is C24H40Cl2NZr-7. The van der Waals surface area contributed by atoms with Gasteiger partial charge in [0.1, 0.15) is 0 Å². The van der Waals surface area contributed by atoms with E-state index in [4.69, 9.17) is 0 Å². The van der Waals surface area contributed by atoms with Crippen LogP contribution in [0.2, 0.25) is 0 Å². The summed E-state index contributed by atoms with van der Waals surface area (Å²) >= 11 is 1.55. The Morgan fingerprint density at radius 2 is 1.46 bits per heavy atom. The SMILES string of the molecule is C[C-](C)C.C[C](C)=[Zr].Cl.Cl.[C-]1=CC=CC1.[CH3-].[CH3-].[CH3-].[CH3-].[c-]1cc2ccccc2[nH]1. The third-order valence-corrected chi connectivity index (χ3v) is 1.98. The molecule has 4 heteroatoms. The molecule has 2 aromatic rings. The van der Waals surface area contributed by atoms with Crippen molar-refractivity contribution >= 4 is 38.9 Å². The van der Waals surface area contributed by atoms with Crippen molar-refractivity contribution in [2.24, 2.45) is 0 Å². The molecule has 1 aromatic carbocycles. The van der Waals surface area contributed by atoms with Gasteiger partial charge >= 0.3 is 41.3 Å². The maximum Gasteiger partial charge on any atom is -0.0745 e. The average Bonchev–Trinajstić information content (AvgIpc) is 3.12. The van der Waals surface area contributed by atoms with Crippen molar-refractivity contribution in [3.63, 3.8) is 0 Å². The Morgan fingerprint density at radius 3 is 1.79 bits per heavy atom. The van der Waals surface area contributed by atoms with Gasteiger partial charge in [0, 0.05) is 0 Å². The molecule has 0 bridgehead atoms. The second kappa shape index (κ2) is 31.3. The van der Waals surface area contributed by atoms with Crippen molar-refractivity contribution in [1.29, 1.82) is 0 Å². The van der Waals surface area contributed by atoms with Gasteiger partial charge in [0.15, 0.2) is 0 Å². The molecule has 3 rings (SSSR count). The molecule has 0 saturated heterocycles. The average molecular weight is 505 g/mol. The summed E-state index contributed by atoms with van der Waals surface area (Å²) in [5, 5.41) is 1.22. The van der Waals surface area contributed by atoms with Gasteiger partial charge in [-0.1, -0.05) is 12.1 Å². The zero-order valence-corrected chi connectivity index (χ0v) is 23.2. The van der Waals surface area contributed by atoms with Crippen molar-refractivity contribution in [2.75, 3.05) is 0 Å². The van der Waals surface area contributed by atoms with Crippen LogP contribution in [0.25, 0.3) is 10.9 Å². The van der Waals surface area contributed by atoms with E-state index >= 15 is 0 Å². The van der Waals surface area contributed by atoms with Crippen LogP contribution in [-0.2, 0) is 24.2 Å². The molecule has 0 saturated carbocycles. The zero-order chi connectivity index (χ0) is 16.8. The number of H-pyrrole nitrogens is 1. The molecule has 1 aromatic heterocycles. The van der Waals surface area contributed by atoms with Gasteiger partial charge in [0.25, 0.3) is 0 Å². The van der Waals surface area contributed by atoms with E-state index in [1.807, 2.05) is 36.4 Å². The number of rotatable bonds is 0. The van der Waals surface area contributed by atoms with E-state index in [1.165, 1.54) is 14.5 Å². The minimum absolute atomic E-state index is 0. The minimum atomic E-state index is 0. The third-order valence-electron chi connectivity index (χ3n) is 1.98. The van der Waals surface area contributed by atoms with Crippen LogP contribution in [0.5, 0.6) is 0 Å². The van der Waals surface area contributed by atoms with Gasteiger partial charge in [0.05, 0.1) is 0 Å². The fourth-order valence-electron chi connectivity index (χ4n) is 1.27. The molecule has 0 fully saturated rings. The first-order chi connectivity index (χ1) is 10.4. The van der Waals surface area contributed by atoms with Gasteiger partial charge < -0.3 is 40.6 Å². The van der Waals surface area contributed by atoms with Crippen LogP contribution < -0.4 is 0 Å². The monoisotopic (exact) mass is 502 g/mol. The normalized spacial score (nSPS) is 8.61. The van der Waals surface area contributed by atoms with Crippen LogP contribution in [0.15, 0.2) is 48.6 Å². The van der Waals surface area contributed by atoms with E-state index in [0.29, 0.717) is 0 Å². The van der Waals surface area contributed by atoms with Crippen LogP contribution in [0, 0.1) is 47.9 Å². The molecular weight excluding hydrogens is 464 g/mol. The molecule has 1 aliphatic rings. The van der Waals surface area contributed by atoms with Crippen LogP contribution >= 0.6 is 24.8 Å². The number of hydrogen-bond acceptors (Lipinski definition) is 0. The maximum absolute atomic E-state index is 2.99. The Kier molecular flexibility index (Phi) is 51.4. The van der Waals surface area contributed by atoms with Gasteiger partial charge in [-0.05, 0) is 0 Å². The van der Waals surface area contributed by atoms with Gasteiger partial charge in [0.2, 0.25) is 0 Å². The Balaban J connectivity index is -0.0000000417.